The highest BCUT2D eigenvalue weighted by atomic mass is 35.5. The summed E-state index contributed by atoms with van der Waals surface area (Å²) in [7, 11) is 0. The summed E-state index contributed by atoms with van der Waals surface area (Å²) >= 11 is 5.85. The Morgan fingerprint density at radius 1 is 1.11 bits per heavy atom. The summed E-state index contributed by atoms with van der Waals surface area (Å²) in [5.74, 6) is -0.672. The molecule has 1 unspecified atom stereocenters. The summed E-state index contributed by atoms with van der Waals surface area (Å²) in [6, 6.07) is 9.12. The molecule has 19 heavy (non-hydrogen) atoms. The molecule has 3 rings (SSSR count). The van der Waals surface area contributed by atoms with Gasteiger partial charge in [0, 0.05) is 11.6 Å². The van der Waals surface area contributed by atoms with Crippen molar-refractivity contribution in [2.75, 3.05) is 0 Å². The molecule has 4 nitrogen and oxygen atoms in total. The van der Waals surface area contributed by atoms with Crippen LogP contribution in [0.1, 0.15) is 17.0 Å². The number of rotatable bonds is 1. The monoisotopic (exact) mass is 276 g/mol. The molecule has 5 heteroatoms. The number of aromatic hydroxyl groups is 2. The van der Waals surface area contributed by atoms with Gasteiger partial charge in [-0.1, -0.05) is 23.7 Å². The predicted octanol–water partition coefficient (Wildman–Crippen LogP) is 2.80. The Labute approximate surface area is 113 Å². The molecular formula is C14H9ClO4. The molecular weight excluding hydrogens is 268 g/mol. The molecule has 0 saturated heterocycles. The van der Waals surface area contributed by atoms with E-state index >= 15 is 0 Å². The molecule has 0 saturated carbocycles. The number of hydrogen-bond acceptors (Lipinski definition) is 4. The number of ether oxygens (including phenoxy) is 1. The summed E-state index contributed by atoms with van der Waals surface area (Å²) in [4.78, 5) is 11.9. The molecule has 0 aromatic heterocycles. The molecule has 1 atom stereocenters. The average Bonchev–Trinajstić information content (AvgIpc) is 2.68. The van der Waals surface area contributed by atoms with E-state index in [1.54, 1.807) is 12.1 Å². The second kappa shape index (κ2) is 4.17. The van der Waals surface area contributed by atoms with Crippen molar-refractivity contribution < 1.29 is 19.7 Å². The van der Waals surface area contributed by atoms with Gasteiger partial charge in [0.05, 0.1) is 5.02 Å². The number of halogens is 1. The van der Waals surface area contributed by atoms with Gasteiger partial charge in [0.2, 0.25) is 0 Å². The van der Waals surface area contributed by atoms with Crippen LogP contribution >= 0.6 is 11.6 Å². The fraction of sp³-hybridized carbons (Fsp3) is 0.0714. The van der Waals surface area contributed by atoms with E-state index in [0.717, 1.165) is 0 Å². The molecule has 0 aliphatic carbocycles. The van der Waals surface area contributed by atoms with E-state index in [1.807, 2.05) is 0 Å². The Morgan fingerprint density at radius 2 is 1.89 bits per heavy atom. The van der Waals surface area contributed by atoms with E-state index in [4.69, 9.17) is 16.3 Å². The van der Waals surface area contributed by atoms with Crippen LogP contribution in [0, 0.1) is 0 Å². The van der Waals surface area contributed by atoms with Crippen molar-refractivity contribution >= 4 is 17.6 Å². The third kappa shape index (κ3) is 1.90. The number of carbonyl (C=O) groups is 1. The zero-order valence-electron chi connectivity index (χ0n) is 9.63. The van der Waals surface area contributed by atoms with Gasteiger partial charge in [-0.2, -0.15) is 0 Å². The van der Waals surface area contributed by atoms with Crippen molar-refractivity contribution in [2.24, 2.45) is 0 Å². The van der Waals surface area contributed by atoms with Crippen LogP contribution in [0.15, 0.2) is 36.4 Å². The minimum Gasteiger partial charge on any atom is -0.508 e. The molecule has 0 spiro atoms. The van der Waals surface area contributed by atoms with Crippen LogP contribution in [0.25, 0.3) is 0 Å². The Hall–Kier alpha value is -2.20. The lowest BCUT2D eigenvalue weighted by Crippen LogP contribution is -2.11. The third-order valence-electron chi connectivity index (χ3n) is 3.06. The van der Waals surface area contributed by atoms with Crippen molar-refractivity contribution in [1.82, 2.24) is 0 Å². The first kappa shape index (κ1) is 11.9. The van der Waals surface area contributed by atoms with Gasteiger partial charge in [0.1, 0.15) is 23.2 Å². The highest BCUT2D eigenvalue weighted by Gasteiger charge is 2.34. The van der Waals surface area contributed by atoms with Crippen LogP contribution in [0.3, 0.4) is 0 Å². The molecule has 1 heterocycles. The number of phenols is 2. The third-order valence-corrected chi connectivity index (χ3v) is 3.36. The average molecular weight is 277 g/mol. The number of esters is 1. The highest BCUT2D eigenvalue weighted by Crippen LogP contribution is 2.42. The van der Waals surface area contributed by atoms with Crippen LogP contribution in [-0.4, -0.2) is 16.2 Å². The molecule has 0 fully saturated rings. The zero-order valence-corrected chi connectivity index (χ0v) is 10.4. The summed E-state index contributed by atoms with van der Waals surface area (Å²) in [6.07, 6.45) is 0. The van der Waals surface area contributed by atoms with Crippen LogP contribution in [0.4, 0.5) is 0 Å². The fourth-order valence-electron chi connectivity index (χ4n) is 2.16. The van der Waals surface area contributed by atoms with E-state index in [-0.39, 0.29) is 16.5 Å². The van der Waals surface area contributed by atoms with Crippen molar-refractivity contribution in [2.45, 2.75) is 5.92 Å². The maximum atomic E-state index is 11.9. The molecule has 1 aliphatic rings. The van der Waals surface area contributed by atoms with Crippen LogP contribution < -0.4 is 4.74 Å². The first-order valence-corrected chi connectivity index (χ1v) is 5.97. The topological polar surface area (TPSA) is 66.8 Å². The van der Waals surface area contributed by atoms with Crippen molar-refractivity contribution in [3.8, 4) is 17.2 Å². The number of phenolic OH excluding ortho intramolecular Hbond substituents is 2. The summed E-state index contributed by atoms with van der Waals surface area (Å²) in [5, 5.41) is 19.0. The van der Waals surface area contributed by atoms with Gasteiger partial charge in [-0.25, -0.2) is 0 Å². The Balaban J connectivity index is 2.11. The number of hydrogen-bond donors (Lipinski definition) is 2. The molecule has 2 aromatic rings. The lowest BCUT2D eigenvalue weighted by Gasteiger charge is -2.08. The minimum absolute atomic E-state index is 0.0379. The molecule has 0 radical (unpaired) electrons. The maximum Gasteiger partial charge on any atom is 0.323 e. The number of fused-ring (bicyclic) bond motifs is 1. The predicted molar refractivity (Wildman–Crippen MR) is 68.7 cm³/mol. The van der Waals surface area contributed by atoms with Crippen molar-refractivity contribution in [3.05, 3.63) is 52.5 Å². The van der Waals surface area contributed by atoms with Gasteiger partial charge in [0.15, 0.2) is 0 Å². The molecule has 2 N–H and O–H groups in total. The number of benzene rings is 2. The minimum atomic E-state index is -0.589. The standard InChI is InChI=1S/C14H9ClO4/c15-10-5-7(1-4-11(10)17)13-9-3-2-8(16)6-12(9)19-14(13)18/h1-6,13,16-17H. The Bertz CT molecular complexity index is 681. The van der Waals surface area contributed by atoms with Gasteiger partial charge < -0.3 is 14.9 Å². The lowest BCUT2D eigenvalue weighted by molar-refractivity contribution is -0.133. The van der Waals surface area contributed by atoms with Gasteiger partial charge in [0.25, 0.3) is 0 Å². The first-order chi connectivity index (χ1) is 9.06. The van der Waals surface area contributed by atoms with E-state index in [9.17, 15) is 15.0 Å². The van der Waals surface area contributed by atoms with Crippen LogP contribution in [0.5, 0.6) is 17.2 Å². The smallest absolute Gasteiger partial charge is 0.323 e. The van der Waals surface area contributed by atoms with Gasteiger partial charge in [-0.3, -0.25) is 4.79 Å². The summed E-state index contributed by atoms with van der Waals surface area (Å²) in [6.45, 7) is 0. The van der Waals surface area contributed by atoms with Crippen LogP contribution in [0.2, 0.25) is 5.02 Å². The molecule has 0 amide bonds. The van der Waals surface area contributed by atoms with E-state index in [1.165, 1.54) is 24.3 Å². The van der Waals surface area contributed by atoms with E-state index < -0.39 is 11.9 Å². The van der Waals surface area contributed by atoms with E-state index in [0.29, 0.717) is 16.9 Å². The maximum absolute atomic E-state index is 11.9. The zero-order chi connectivity index (χ0) is 13.6. The van der Waals surface area contributed by atoms with Gasteiger partial charge in [-0.05, 0) is 23.8 Å². The largest absolute Gasteiger partial charge is 0.508 e. The molecule has 1 aliphatic heterocycles. The van der Waals surface area contributed by atoms with Crippen molar-refractivity contribution in [3.63, 3.8) is 0 Å². The second-order valence-corrected chi connectivity index (χ2v) is 4.69. The molecule has 2 aromatic carbocycles. The summed E-state index contributed by atoms with van der Waals surface area (Å²) in [5.41, 5.74) is 1.31. The summed E-state index contributed by atoms with van der Waals surface area (Å²) < 4.78 is 5.12. The van der Waals surface area contributed by atoms with Crippen molar-refractivity contribution in [1.29, 1.82) is 0 Å². The Morgan fingerprint density at radius 3 is 2.63 bits per heavy atom. The van der Waals surface area contributed by atoms with Gasteiger partial charge >= 0.3 is 5.97 Å². The SMILES string of the molecule is O=C1Oc2cc(O)ccc2C1c1ccc(O)c(Cl)c1. The number of carbonyl (C=O) groups excluding carboxylic acids is 1. The van der Waals surface area contributed by atoms with E-state index in [2.05, 4.69) is 0 Å². The lowest BCUT2D eigenvalue weighted by atomic mass is 9.92. The second-order valence-electron chi connectivity index (χ2n) is 4.29. The highest BCUT2D eigenvalue weighted by molar-refractivity contribution is 6.32. The molecule has 96 valence electrons. The van der Waals surface area contributed by atoms with Crippen LogP contribution in [-0.2, 0) is 4.79 Å². The normalized spacial score (nSPS) is 17.1. The quantitative estimate of drug-likeness (QED) is 0.621. The molecule has 0 bridgehead atoms. The Kier molecular flexibility index (Phi) is 2.61. The van der Waals surface area contributed by atoms with Gasteiger partial charge in [-0.15, -0.1) is 0 Å². The first-order valence-electron chi connectivity index (χ1n) is 5.59. The fourth-order valence-corrected chi connectivity index (χ4v) is 2.35.